The standard InChI is InChI=1S/C9H10F4N2/c10-7-2-1-5(8(15)4-14)3-6(7)9(11,12)13/h1-3,8H,4,14-15H2/t8-/m0/s1. The summed E-state index contributed by atoms with van der Waals surface area (Å²) in [5.74, 6) is -1.31. The van der Waals surface area contributed by atoms with Crippen LogP contribution in [-0.4, -0.2) is 6.54 Å². The summed E-state index contributed by atoms with van der Waals surface area (Å²) < 4.78 is 49.7. The minimum atomic E-state index is -4.71. The fourth-order valence-electron chi connectivity index (χ4n) is 1.13. The Bertz CT molecular complexity index is 348. The van der Waals surface area contributed by atoms with Crippen molar-refractivity contribution in [1.29, 1.82) is 0 Å². The molecule has 0 aromatic heterocycles. The second kappa shape index (κ2) is 4.16. The first-order valence-electron chi connectivity index (χ1n) is 4.18. The molecule has 0 aliphatic rings. The summed E-state index contributed by atoms with van der Waals surface area (Å²) in [5, 5.41) is 0. The van der Waals surface area contributed by atoms with E-state index in [9.17, 15) is 17.6 Å². The summed E-state index contributed by atoms with van der Waals surface area (Å²) in [5.41, 5.74) is 9.50. The van der Waals surface area contributed by atoms with Crippen molar-refractivity contribution in [3.05, 3.63) is 35.1 Å². The number of benzene rings is 1. The molecule has 0 unspecified atom stereocenters. The number of nitrogens with two attached hydrogens (primary N) is 2. The van der Waals surface area contributed by atoms with E-state index in [1.54, 1.807) is 0 Å². The van der Waals surface area contributed by atoms with Gasteiger partial charge in [-0.25, -0.2) is 4.39 Å². The zero-order valence-electron chi connectivity index (χ0n) is 7.68. The van der Waals surface area contributed by atoms with Gasteiger partial charge in [-0.05, 0) is 17.7 Å². The van der Waals surface area contributed by atoms with E-state index >= 15 is 0 Å². The summed E-state index contributed by atoms with van der Waals surface area (Å²) in [6, 6.07) is 1.91. The van der Waals surface area contributed by atoms with Crippen molar-refractivity contribution in [3.63, 3.8) is 0 Å². The normalized spacial score (nSPS) is 14.0. The quantitative estimate of drug-likeness (QED) is 0.749. The average Bonchev–Trinajstić information content (AvgIpc) is 2.15. The summed E-state index contributed by atoms with van der Waals surface area (Å²) in [6.07, 6.45) is -4.71. The topological polar surface area (TPSA) is 52.0 Å². The van der Waals surface area contributed by atoms with Crippen molar-refractivity contribution in [1.82, 2.24) is 0 Å². The molecule has 15 heavy (non-hydrogen) atoms. The van der Waals surface area contributed by atoms with Gasteiger partial charge in [0.1, 0.15) is 5.82 Å². The molecule has 0 amide bonds. The van der Waals surface area contributed by atoms with Crippen LogP contribution in [-0.2, 0) is 6.18 Å². The second-order valence-corrected chi connectivity index (χ2v) is 3.08. The zero-order chi connectivity index (χ0) is 11.6. The van der Waals surface area contributed by atoms with Crippen LogP contribution in [0.5, 0.6) is 0 Å². The SMILES string of the molecule is NC[C@H](N)c1ccc(F)c(C(F)(F)F)c1. The molecule has 84 valence electrons. The highest BCUT2D eigenvalue weighted by Crippen LogP contribution is 2.32. The largest absolute Gasteiger partial charge is 0.419 e. The Morgan fingerprint density at radius 3 is 2.33 bits per heavy atom. The third kappa shape index (κ3) is 2.66. The molecule has 0 radical (unpaired) electrons. The van der Waals surface area contributed by atoms with E-state index in [1.807, 2.05) is 0 Å². The van der Waals surface area contributed by atoms with Gasteiger partial charge in [-0.1, -0.05) is 6.07 Å². The maximum atomic E-state index is 12.8. The maximum absolute atomic E-state index is 12.8. The first-order chi connectivity index (χ1) is 6.86. The van der Waals surface area contributed by atoms with Crippen molar-refractivity contribution >= 4 is 0 Å². The molecule has 4 N–H and O–H groups in total. The molecule has 2 nitrogen and oxygen atoms in total. The Morgan fingerprint density at radius 2 is 1.87 bits per heavy atom. The van der Waals surface area contributed by atoms with E-state index in [2.05, 4.69) is 0 Å². The van der Waals surface area contributed by atoms with E-state index < -0.39 is 23.6 Å². The number of rotatable bonds is 2. The fourth-order valence-corrected chi connectivity index (χ4v) is 1.13. The predicted octanol–water partition coefficient (Wildman–Crippen LogP) is 1.80. The van der Waals surface area contributed by atoms with Crippen LogP contribution in [0.15, 0.2) is 18.2 Å². The van der Waals surface area contributed by atoms with Crippen LogP contribution in [0.3, 0.4) is 0 Å². The third-order valence-electron chi connectivity index (χ3n) is 1.98. The van der Waals surface area contributed by atoms with Gasteiger partial charge in [0.2, 0.25) is 0 Å². The van der Waals surface area contributed by atoms with Crippen molar-refractivity contribution in [2.24, 2.45) is 11.5 Å². The molecule has 0 aliphatic heterocycles. The van der Waals surface area contributed by atoms with Gasteiger partial charge in [-0.3, -0.25) is 0 Å². The lowest BCUT2D eigenvalue weighted by molar-refractivity contribution is -0.140. The van der Waals surface area contributed by atoms with Crippen LogP contribution in [0.2, 0.25) is 0 Å². The van der Waals surface area contributed by atoms with Gasteiger partial charge in [-0.15, -0.1) is 0 Å². The zero-order valence-corrected chi connectivity index (χ0v) is 7.68. The Kier molecular flexibility index (Phi) is 3.31. The minimum absolute atomic E-state index is 0.00291. The first-order valence-corrected chi connectivity index (χ1v) is 4.18. The van der Waals surface area contributed by atoms with Gasteiger partial charge in [0.05, 0.1) is 5.56 Å². The molecule has 0 aliphatic carbocycles. The van der Waals surface area contributed by atoms with Crippen molar-refractivity contribution in [3.8, 4) is 0 Å². The Labute approximate surface area is 83.9 Å². The minimum Gasteiger partial charge on any atom is -0.329 e. The van der Waals surface area contributed by atoms with Gasteiger partial charge in [0.15, 0.2) is 0 Å². The van der Waals surface area contributed by atoms with Gasteiger partial charge in [0, 0.05) is 12.6 Å². The lowest BCUT2D eigenvalue weighted by Crippen LogP contribution is -2.21. The van der Waals surface area contributed by atoms with Gasteiger partial charge in [-0.2, -0.15) is 13.2 Å². The molecular weight excluding hydrogens is 212 g/mol. The maximum Gasteiger partial charge on any atom is 0.419 e. The number of alkyl halides is 3. The van der Waals surface area contributed by atoms with Crippen LogP contribution < -0.4 is 11.5 Å². The third-order valence-corrected chi connectivity index (χ3v) is 1.98. The van der Waals surface area contributed by atoms with Crippen molar-refractivity contribution < 1.29 is 17.6 Å². The molecule has 0 spiro atoms. The van der Waals surface area contributed by atoms with E-state index in [-0.39, 0.29) is 12.1 Å². The molecule has 0 saturated heterocycles. The highest BCUT2D eigenvalue weighted by Gasteiger charge is 2.34. The first kappa shape index (κ1) is 11.9. The Balaban J connectivity index is 3.17. The summed E-state index contributed by atoms with van der Waals surface area (Å²) >= 11 is 0. The lowest BCUT2D eigenvalue weighted by atomic mass is 10.0. The van der Waals surface area contributed by atoms with Crippen LogP contribution in [0, 0.1) is 5.82 Å². The smallest absolute Gasteiger partial charge is 0.329 e. The molecule has 1 atom stereocenters. The summed E-state index contributed by atoms with van der Waals surface area (Å²) in [4.78, 5) is 0. The Hall–Kier alpha value is -1.14. The highest BCUT2D eigenvalue weighted by atomic mass is 19.4. The van der Waals surface area contributed by atoms with E-state index in [4.69, 9.17) is 11.5 Å². The highest BCUT2D eigenvalue weighted by molar-refractivity contribution is 5.29. The Morgan fingerprint density at radius 1 is 1.27 bits per heavy atom. The van der Waals surface area contributed by atoms with Crippen LogP contribution >= 0.6 is 0 Å². The average molecular weight is 222 g/mol. The van der Waals surface area contributed by atoms with Crippen molar-refractivity contribution in [2.45, 2.75) is 12.2 Å². The molecule has 0 fully saturated rings. The van der Waals surface area contributed by atoms with Crippen LogP contribution in [0.4, 0.5) is 17.6 Å². The number of halogens is 4. The molecule has 1 aromatic carbocycles. The molecule has 1 rings (SSSR count). The second-order valence-electron chi connectivity index (χ2n) is 3.08. The lowest BCUT2D eigenvalue weighted by Gasteiger charge is -2.13. The molecule has 0 heterocycles. The monoisotopic (exact) mass is 222 g/mol. The van der Waals surface area contributed by atoms with Crippen molar-refractivity contribution in [2.75, 3.05) is 6.54 Å². The summed E-state index contributed by atoms with van der Waals surface area (Å²) in [7, 11) is 0. The van der Waals surface area contributed by atoms with Crippen LogP contribution in [0.25, 0.3) is 0 Å². The van der Waals surface area contributed by atoms with E-state index in [1.165, 1.54) is 6.07 Å². The fraction of sp³-hybridized carbons (Fsp3) is 0.333. The molecule has 1 aromatic rings. The van der Waals surface area contributed by atoms with Gasteiger partial charge in [0.25, 0.3) is 0 Å². The van der Waals surface area contributed by atoms with Gasteiger partial charge < -0.3 is 11.5 Å². The molecule has 0 saturated carbocycles. The molecular formula is C9H10F4N2. The van der Waals surface area contributed by atoms with E-state index in [0.717, 1.165) is 6.07 Å². The van der Waals surface area contributed by atoms with Crippen LogP contribution in [0.1, 0.15) is 17.2 Å². The number of hydrogen-bond donors (Lipinski definition) is 2. The summed E-state index contributed by atoms with van der Waals surface area (Å²) in [6.45, 7) is 0.00291. The number of hydrogen-bond acceptors (Lipinski definition) is 2. The molecule has 6 heteroatoms. The van der Waals surface area contributed by atoms with E-state index in [0.29, 0.717) is 6.07 Å². The van der Waals surface area contributed by atoms with Gasteiger partial charge >= 0.3 is 6.18 Å². The predicted molar refractivity (Wildman–Crippen MR) is 47.4 cm³/mol. The molecule has 0 bridgehead atoms.